The van der Waals surface area contributed by atoms with E-state index in [2.05, 4.69) is 27.1 Å². The summed E-state index contributed by atoms with van der Waals surface area (Å²) in [5.74, 6) is -0.0449. The number of nitro benzene ring substituents is 1. The second-order valence-corrected chi connectivity index (χ2v) is 10.6. The molecule has 12 nitrogen and oxygen atoms in total. The molecule has 3 heterocycles. The Hall–Kier alpha value is -4.71. The van der Waals surface area contributed by atoms with Gasteiger partial charge in [-0.1, -0.05) is 18.2 Å². The van der Waals surface area contributed by atoms with Crippen LogP contribution in [0, 0.1) is 10.1 Å². The molecule has 2 aromatic carbocycles. The Morgan fingerprint density at radius 3 is 2.61 bits per heavy atom. The molecule has 6 rings (SSSR count). The van der Waals surface area contributed by atoms with Crippen molar-refractivity contribution >= 4 is 39.9 Å². The minimum absolute atomic E-state index is 0.0789. The van der Waals surface area contributed by atoms with Crippen LogP contribution in [0.25, 0.3) is 22.2 Å². The average Bonchev–Trinajstić information content (AvgIpc) is 3.64. The molecule has 0 saturated heterocycles. The minimum Gasteiger partial charge on any atom is -0.494 e. The number of carbonyl (C=O) groups excluding carboxylic acids is 1. The van der Waals surface area contributed by atoms with Gasteiger partial charge in [0, 0.05) is 66.5 Å². The van der Waals surface area contributed by atoms with Gasteiger partial charge in [0.2, 0.25) is 5.95 Å². The van der Waals surface area contributed by atoms with Crippen LogP contribution in [-0.2, 0) is 11.3 Å². The molecule has 4 aromatic rings. The molecule has 0 atom stereocenters. The van der Waals surface area contributed by atoms with Gasteiger partial charge < -0.3 is 29.2 Å². The summed E-state index contributed by atoms with van der Waals surface area (Å²) in [6.07, 6.45) is 4.32. The number of hydrogen-bond acceptors (Lipinski definition) is 10. The van der Waals surface area contributed by atoms with E-state index in [-0.39, 0.29) is 23.9 Å². The first kappa shape index (κ1) is 26.5. The summed E-state index contributed by atoms with van der Waals surface area (Å²) in [5, 5.41) is 16.2. The molecule has 41 heavy (non-hydrogen) atoms. The van der Waals surface area contributed by atoms with Gasteiger partial charge in [-0.3, -0.25) is 10.1 Å². The Bertz CT molecular complexity index is 1680. The van der Waals surface area contributed by atoms with Crippen molar-refractivity contribution < 1.29 is 19.2 Å². The van der Waals surface area contributed by atoms with Crippen molar-refractivity contribution in [1.29, 1.82) is 0 Å². The summed E-state index contributed by atoms with van der Waals surface area (Å²) in [4.78, 5) is 37.5. The number of likely N-dealkylation sites (N-methyl/N-ethyl adjacent to an activating group) is 2. The first-order valence-corrected chi connectivity index (χ1v) is 13.4. The molecule has 1 N–H and O–H groups in total. The Kier molecular flexibility index (Phi) is 6.70. The zero-order chi connectivity index (χ0) is 28.8. The van der Waals surface area contributed by atoms with Crippen LogP contribution in [0.2, 0.25) is 0 Å². The third-order valence-corrected chi connectivity index (χ3v) is 7.52. The van der Waals surface area contributed by atoms with E-state index < -0.39 is 10.9 Å². The number of fused-ring (bicyclic) bond motifs is 2. The maximum Gasteiger partial charge on any atom is 0.357 e. The van der Waals surface area contributed by atoms with Crippen LogP contribution >= 0.6 is 0 Å². The number of cyclic esters (lactones) is 1. The molecule has 0 radical (unpaired) electrons. The molecule has 0 bridgehead atoms. The lowest BCUT2D eigenvalue weighted by Gasteiger charge is -2.22. The van der Waals surface area contributed by atoms with Crippen LogP contribution in [-0.4, -0.2) is 71.7 Å². The number of methoxy groups -OCH3 is 1. The van der Waals surface area contributed by atoms with Crippen molar-refractivity contribution in [3.63, 3.8) is 0 Å². The number of benzene rings is 2. The summed E-state index contributed by atoms with van der Waals surface area (Å²) in [7, 11) is 7.19. The monoisotopic (exact) mass is 557 g/mol. The Morgan fingerprint density at radius 1 is 1.15 bits per heavy atom. The largest absolute Gasteiger partial charge is 0.494 e. The number of nitro groups is 1. The predicted molar refractivity (Wildman–Crippen MR) is 155 cm³/mol. The molecule has 0 spiro atoms. The summed E-state index contributed by atoms with van der Waals surface area (Å²) >= 11 is 0. The molecule has 12 heteroatoms. The van der Waals surface area contributed by atoms with Crippen LogP contribution in [0.3, 0.4) is 0 Å². The second-order valence-electron chi connectivity index (χ2n) is 10.6. The lowest BCUT2D eigenvalue weighted by atomic mass is 10.0. The van der Waals surface area contributed by atoms with Gasteiger partial charge in [0.15, 0.2) is 5.69 Å². The number of carbonyl (C=O) groups is 1. The summed E-state index contributed by atoms with van der Waals surface area (Å²) in [6.45, 7) is 1.38. The fourth-order valence-corrected chi connectivity index (χ4v) is 5.19. The first-order valence-electron chi connectivity index (χ1n) is 13.4. The van der Waals surface area contributed by atoms with E-state index in [4.69, 9.17) is 14.5 Å². The van der Waals surface area contributed by atoms with E-state index in [1.54, 1.807) is 13.1 Å². The summed E-state index contributed by atoms with van der Waals surface area (Å²) in [5.41, 5.74) is 4.00. The Balaban J connectivity index is 1.44. The van der Waals surface area contributed by atoms with Crippen LogP contribution in [0.4, 0.5) is 23.0 Å². The number of esters is 1. The van der Waals surface area contributed by atoms with Crippen molar-refractivity contribution in [2.45, 2.75) is 25.5 Å². The topological polar surface area (TPSA) is 128 Å². The quantitative estimate of drug-likeness (QED) is 0.166. The highest BCUT2D eigenvalue weighted by atomic mass is 16.6. The zero-order valence-corrected chi connectivity index (χ0v) is 23.4. The highest BCUT2D eigenvalue weighted by molar-refractivity contribution is 6.00. The molecule has 1 aliphatic carbocycles. The maximum atomic E-state index is 12.7. The Morgan fingerprint density at radius 2 is 1.90 bits per heavy atom. The number of ether oxygens (including phenoxy) is 2. The lowest BCUT2D eigenvalue weighted by molar-refractivity contribution is -0.384. The van der Waals surface area contributed by atoms with E-state index in [1.165, 1.54) is 13.2 Å². The SMILES string of the molecule is COc1cc(N(C)CCN(C)C)c([N+](=O)[O-])cc1Nc1nc2c(c(-c3cn(C4CC4)c4ccccc34)n1)COC2=O. The first-order chi connectivity index (χ1) is 19.7. The van der Waals surface area contributed by atoms with Gasteiger partial charge in [0.1, 0.15) is 18.0 Å². The van der Waals surface area contributed by atoms with E-state index >= 15 is 0 Å². The van der Waals surface area contributed by atoms with Gasteiger partial charge >= 0.3 is 5.97 Å². The molecule has 1 aliphatic heterocycles. The number of nitrogens with one attached hydrogen (secondary N) is 1. The van der Waals surface area contributed by atoms with Crippen molar-refractivity contribution in [2.24, 2.45) is 0 Å². The molecule has 0 unspecified atom stereocenters. The van der Waals surface area contributed by atoms with Crippen molar-refractivity contribution in [3.05, 3.63) is 64.0 Å². The van der Waals surface area contributed by atoms with Gasteiger partial charge in [-0.05, 0) is 33.0 Å². The molecule has 2 aromatic heterocycles. The van der Waals surface area contributed by atoms with Crippen LogP contribution in [0.1, 0.15) is 34.9 Å². The van der Waals surface area contributed by atoms with Crippen LogP contribution in [0.5, 0.6) is 5.75 Å². The van der Waals surface area contributed by atoms with Gasteiger partial charge in [-0.15, -0.1) is 0 Å². The Labute approximate surface area is 236 Å². The van der Waals surface area contributed by atoms with Crippen molar-refractivity contribution in [1.82, 2.24) is 19.4 Å². The third-order valence-electron chi connectivity index (χ3n) is 7.52. The van der Waals surface area contributed by atoms with Crippen molar-refractivity contribution in [3.8, 4) is 17.0 Å². The summed E-state index contributed by atoms with van der Waals surface area (Å²) in [6, 6.07) is 11.6. The fourth-order valence-electron chi connectivity index (χ4n) is 5.19. The van der Waals surface area contributed by atoms with Crippen LogP contribution < -0.4 is 15.0 Å². The highest BCUT2D eigenvalue weighted by Gasteiger charge is 2.32. The average molecular weight is 558 g/mol. The maximum absolute atomic E-state index is 12.7. The number of para-hydroxylation sites is 1. The standard InChI is InChI=1S/C29H31N7O5/c1-33(2)11-12-34(3)23-14-25(40-4)21(13-24(23)36(38)39)30-29-31-26(20-16-41-28(37)27(20)32-29)19-15-35(17-9-10-17)22-8-6-5-7-18(19)22/h5-8,13-15,17H,9-12,16H2,1-4H3,(H,30,31,32). The number of nitrogens with zero attached hydrogens (tertiary/aromatic N) is 6. The minimum atomic E-state index is -0.534. The molecule has 212 valence electrons. The molecule has 2 aliphatic rings. The molecular weight excluding hydrogens is 526 g/mol. The number of anilines is 3. The zero-order valence-electron chi connectivity index (χ0n) is 23.4. The van der Waals surface area contributed by atoms with Gasteiger partial charge in [0.05, 0.1) is 23.4 Å². The van der Waals surface area contributed by atoms with E-state index in [0.29, 0.717) is 41.0 Å². The second kappa shape index (κ2) is 10.4. The van der Waals surface area contributed by atoms with Gasteiger partial charge in [0.25, 0.3) is 5.69 Å². The van der Waals surface area contributed by atoms with E-state index in [9.17, 15) is 14.9 Å². The molecule has 1 saturated carbocycles. The van der Waals surface area contributed by atoms with E-state index in [1.807, 2.05) is 42.1 Å². The normalized spacial score (nSPS) is 14.3. The van der Waals surface area contributed by atoms with Gasteiger partial charge in [-0.2, -0.15) is 0 Å². The molecular formula is C29H31N7O5. The highest BCUT2D eigenvalue weighted by Crippen LogP contribution is 2.43. The third kappa shape index (κ3) is 4.91. The van der Waals surface area contributed by atoms with Gasteiger partial charge in [-0.25, -0.2) is 14.8 Å². The molecule has 0 amide bonds. The smallest absolute Gasteiger partial charge is 0.357 e. The number of rotatable bonds is 10. The fraction of sp³-hybridized carbons (Fsp3) is 0.345. The van der Waals surface area contributed by atoms with E-state index in [0.717, 1.165) is 35.9 Å². The van der Waals surface area contributed by atoms with Crippen molar-refractivity contribution in [2.75, 3.05) is 51.6 Å². The van der Waals surface area contributed by atoms with Crippen LogP contribution in [0.15, 0.2) is 42.6 Å². The number of hydrogen-bond donors (Lipinski definition) is 1. The molecule has 1 fully saturated rings. The summed E-state index contributed by atoms with van der Waals surface area (Å²) < 4.78 is 13.2. The number of aromatic nitrogens is 3. The lowest BCUT2D eigenvalue weighted by Crippen LogP contribution is -2.29. The predicted octanol–water partition coefficient (Wildman–Crippen LogP) is 4.76.